The molecule has 1 saturated heterocycles. The Balaban J connectivity index is 2.36. The number of nitrogens with one attached hydrogen (secondary N) is 3. The number of hydrogen-bond donors (Lipinski definition) is 4. The maximum absolute atomic E-state index is 15.1. The van der Waals surface area contributed by atoms with Crippen molar-refractivity contribution < 1.29 is 28.6 Å². The molecule has 1 unspecified atom stereocenters. The fraction of sp³-hybridized carbons (Fsp3) is 0.583. The summed E-state index contributed by atoms with van der Waals surface area (Å²) in [4.78, 5) is 25.4. The van der Waals surface area contributed by atoms with Crippen molar-refractivity contribution in [2.75, 3.05) is 11.9 Å². The summed E-state index contributed by atoms with van der Waals surface area (Å²) in [5, 5.41) is 18.4. The van der Waals surface area contributed by atoms with Crippen LogP contribution in [0, 0.1) is 5.82 Å². The molecule has 0 bridgehead atoms. The molecule has 2 atom stereocenters. The molecular formula is C24H36FN3O5S. The van der Waals surface area contributed by atoms with Crippen LogP contribution in [-0.4, -0.2) is 40.6 Å². The third-order valence-corrected chi connectivity index (χ3v) is 6.04. The van der Waals surface area contributed by atoms with Crippen molar-refractivity contribution in [1.29, 1.82) is 0 Å². The van der Waals surface area contributed by atoms with Crippen molar-refractivity contribution in [3.63, 3.8) is 0 Å². The Morgan fingerprint density at radius 3 is 2.32 bits per heavy atom. The summed E-state index contributed by atoms with van der Waals surface area (Å²) in [6.07, 6.45) is -0.907. The van der Waals surface area contributed by atoms with E-state index in [0.29, 0.717) is 17.7 Å². The number of aliphatic hydroxyl groups is 1. The number of halogens is 1. The van der Waals surface area contributed by atoms with Crippen LogP contribution in [0.2, 0.25) is 0 Å². The van der Waals surface area contributed by atoms with Gasteiger partial charge in [-0.05, 0) is 84.1 Å². The normalized spacial score (nSPS) is 22.6. The zero-order chi connectivity index (χ0) is 25.9. The molecule has 1 aliphatic rings. The van der Waals surface area contributed by atoms with Crippen molar-refractivity contribution in [3.8, 4) is 0 Å². The first-order valence-electron chi connectivity index (χ1n) is 11.0. The third kappa shape index (κ3) is 8.18. The lowest BCUT2D eigenvalue weighted by molar-refractivity contribution is 0.0506. The van der Waals surface area contributed by atoms with Gasteiger partial charge < -0.3 is 14.6 Å². The lowest BCUT2D eigenvalue weighted by Crippen LogP contribution is -2.55. The first kappa shape index (κ1) is 27.9. The van der Waals surface area contributed by atoms with Crippen molar-refractivity contribution in [1.82, 2.24) is 10.6 Å². The number of thioether (sulfide) groups is 1. The number of aliphatic hydroxyl groups excluding tert-OH is 1. The van der Waals surface area contributed by atoms with E-state index in [2.05, 4.69) is 16.0 Å². The van der Waals surface area contributed by atoms with Crippen LogP contribution in [0.4, 0.5) is 19.7 Å². The maximum atomic E-state index is 15.1. The molecule has 0 spiro atoms. The zero-order valence-electron chi connectivity index (χ0n) is 21.1. The summed E-state index contributed by atoms with van der Waals surface area (Å²) in [5.41, 5.74) is -1.59. The van der Waals surface area contributed by atoms with Crippen LogP contribution in [-0.2, 0) is 15.0 Å². The Hall–Kier alpha value is -2.30. The Morgan fingerprint density at radius 1 is 1.18 bits per heavy atom. The molecule has 0 aromatic heterocycles. The number of alkyl carbamates (subject to hydrolysis) is 1. The summed E-state index contributed by atoms with van der Waals surface area (Å²) in [5.74, 6) is -0.478. The van der Waals surface area contributed by atoms with Crippen LogP contribution < -0.4 is 16.0 Å². The molecule has 0 aliphatic carbocycles. The van der Waals surface area contributed by atoms with E-state index in [0.717, 1.165) is 10.5 Å². The molecule has 1 aromatic rings. The summed E-state index contributed by atoms with van der Waals surface area (Å²) in [6, 6.07) is 4.27. The van der Waals surface area contributed by atoms with E-state index < -0.39 is 40.2 Å². The Morgan fingerprint density at radius 2 is 1.76 bits per heavy atom. The Kier molecular flexibility index (Phi) is 8.66. The lowest BCUT2D eigenvalue weighted by atomic mass is 9.86. The van der Waals surface area contributed by atoms with Gasteiger partial charge in [-0.1, -0.05) is 11.8 Å². The van der Waals surface area contributed by atoms with E-state index in [1.807, 2.05) is 0 Å². The third-order valence-electron chi connectivity index (χ3n) is 4.79. The molecule has 0 radical (unpaired) electrons. The SMILES string of the molecule is C/C(CO)=C1\C[C@@](C)(c2cc(NC(=O)OC(C)(C)C)ccc2F)NC(NC(=O)OC(C)(C)C)S1. The summed E-state index contributed by atoms with van der Waals surface area (Å²) < 4.78 is 25.7. The first-order chi connectivity index (χ1) is 15.5. The van der Waals surface area contributed by atoms with E-state index in [4.69, 9.17) is 9.47 Å². The molecule has 0 saturated carbocycles. The second-order valence-electron chi connectivity index (χ2n) is 10.5. The fourth-order valence-corrected chi connectivity index (χ4v) is 4.71. The zero-order valence-corrected chi connectivity index (χ0v) is 21.9. The van der Waals surface area contributed by atoms with Gasteiger partial charge >= 0.3 is 12.2 Å². The summed E-state index contributed by atoms with van der Waals surface area (Å²) in [6.45, 7) is 14.0. The second-order valence-corrected chi connectivity index (χ2v) is 11.7. The van der Waals surface area contributed by atoms with Gasteiger partial charge in [-0.3, -0.25) is 16.0 Å². The summed E-state index contributed by atoms with van der Waals surface area (Å²) in [7, 11) is 0. The lowest BCUT2D eigenvalue weighted by Gasteiger charge is -2.42. The highest BCUT2D eigenvalue weighted by Crippen LogP contribution is 2.42. The molecule has 2 rings (SSSR count). The molecule has 34 heavy (non-hydrogen) atoms. The second kappa shape index (κ2) is 10.5. The minimum Gasteiger partial charge on any atom is -0.444 e. The molecule has 1 fully saturated rings. The van der Waals surface area contributed by atoms with E-state index in [9.17, 15) is 14.7 Å². The number of ether oxygens (including phenoxy) is 2. The van der Waals surface area contributed by atoms with Gasteiger partial charge in [0.2, 0.25) is 0 Å². The number of rotatable bonds is 4. The molecule has 10 heteroatoms. The van der Waals surface area contributed by atoms with Gasteiger partial charge in [0.1, 0.15) is 22.5 Å². The van der Waals surface area contributed by atoms with Gasteiger partial charge in [0.25, 0.3) is 0 Å². The predicted octanol–water partition coefficient (Wildman–Crippen LogP) is 5.19. The topological polar surface area (TPSA) is 109 Å². The van der Waals surface area contributed by atoms with Gasteiger partial charge in [-0.15, -0.1) is 0 Å². The average Bonchev–Trinajstić information content (AvgIpc) is 2.65. The first-order valence-corrected chi connectivity index (χ1v) is 11.9. The Labute approximate surface area is 205 Å². The molecule has 1 heterocycles. The van der Waals surface area contributed by atoms with Crippen molar-refractivity contribution in [3.05, 3.63) is 40.1 Å². The monoisotopic (exact) mass is 497 g/mol. The number of anilines is 1. The Bertz CT molecular complexity index is 955. The van der Waals surface area contributed by atoms with Crippen LogP contribution >= 0.6 is 11.8 Å². The minimum absolute atomic E-state index is 0.166. The van der Waals surface area contributed by atoms with Crippen LogP contribution in [0.25, 0.3) is 0 Å². The van der Waals surface area contributed by atoms with E-state index >= 15 is 4.39 Å². The average molecular weight is 498 g/mol. The number of benzene rings is 1. The van der Waals surface area contributed by atoms with E-state index in [1.165, 1.54) is 23.9 Å². The van der Waals surface area contributed by atoms with Crippen molar-refractivity contribution >= 4 is 29.6 Å². The van der Waals surface area contributed by atoms with Crippen LogP contribution in [0.3, 0.4) is 0 Å². The summed E-state index contributed by atoms with van der Waals surface area (Å²) >= 11 is 1.33. The van der Waals surface area contributed by atoms with Crippen LogP contribution in [0.5, 0.6) is 0 Å². The highest BCUT2D eigenvalue weighted by atomic mass is 32.2. The van der Waals surface area contributed by atoms with Gasteiger partial charge in [-0.2, -0.15) is 0 Å². The molecular weight excluding hydrogens is 461 g/mol. The highest BCUT2D eigenvalue weighted by molar-refractivity contribution is 8.03. The fourth-order valence-electron chi connectivity index (χ4n) is 3.31. The van der Waals surface area contributed by atoms with Gasteiger partial charge in [0, 0.05) is 17.7 Å². The van der Waals surface area contributed by atoms with Crippen LogP contribution in [0.15, 0.2) is 28.7 Å². The number of carbonyl (C=O) groups is 2. The maximum Gasteiger partial charge on any atom is 0.412 e. The number of carbonyl (C=O) groups excluding carboxylic acids is 2. The van der Waals surface area contributed by atoms with Crippen molar-refractivity contribution in [2.45, 2.75) is 84.0 Å². The van der Waals surface area contributed by atoms with Gasteiger partial charge in [0.05, 0.1) is 12.1 Å². The van der Waals surface area contributed by atoms with Gasteiger partial charge in [-0.25, -0.2) is 14.0 Å². The quantitative estimate of drug-likeness (QED) is 0.453. The number of amides is 2. The van der Waals surface area contributed by atoms with E-state index in [1.54, 1.807) is 61.5 Å². The molecule has 190 valence electrons. The van der Waals surface area contributed by atoms with Gasteiger partial charge in [0.15, 0.2) is 0 Å². The smallest absolute Gasteiger partial charge is 0.412 e. The highest BCUT2D eigenvalue weighted by Gasteiger charge is 2.39. The largest absolute Gasteiger partial charge is 0.444 e. The molecule has 4 N–H and O–H groups in total. The van der Waals surface area contributed by atoms with Crippen molar-refractivity contribution in [2.24, 2.45) is 0 Å². The standard InChI is InChI=1S/C24H36FN3O5S/c1-14(13-29)18-12-24(8,28-19(34-18)27-21(31)33-23(5,6)7)16-11-15(9-10-17(16)25)26-20(30)32-22(2,3)4/h9-11,19,28-29H,12-13H2,1-8H3,(H,26,30)(H,27,31)/b18-14-/t19?,24-/m0/s1. The predicted molar refractivity (Wildman–Crippen MR) is 132 cm³/mol. The molecule has 1 aliphatic heterocycles. The van der Waals surface area contributed by atoms with Crippen LogP contribution in [0.1, 0.15) is 67.4 Å². The molecule has 1 aromatic carbocycles. The van der Waals surface area contributed by atoms with E-state index in [-0.39, 0.29) is 6.61 Å². The molecule has 8 nitrogen and oxygen atoms in total. The minimum atomic E-state index is -0.966. The molecule has 2 amide bonds. The number of hydrogen-bond acceptors (Lipinski definition) is 7.